The number of H-pyrrole nitrogens is 1. The Bertz CT molecular complexity index is 580. The first-order valence-electron chi connectivity index (χ1n) is 6.21. The van der Waals surface area contributed by atoms with Crippen LogP contribution in [0.4, 0.5) is 0 Å². The molecule has 19 heavy (non-hydrogen) atoms. The number of rotatable bonds is 1. The molecule has 0 aliphatic carbocycles. The van der Waals surface area contributed by atoms with Crippen LogP contribution in [0, 0.1) is 0 Å². The molecule has 0 bridgehead atoms. The van der Waals surface area contributed by atoms with Crippen molar-refractivity contribution < 1.29 is 0 Å². The summed E-state index contributed by atoms with van der Waals surface area (Å²) in [4.78, 5) is 14.1. The molecule has 0 radical (unpaired) electrons. The summed E-state index contributed by atoms with van der Waals surface area (Å²) in [5.41, 5.74) is 3.33. The molecule has 2 N–H and O–H groups in total. The standard InChI is InChI=1S/C13H15N5S/c1-14-13(19)18-6-4-10-11(17-8-16-10)12(18)9-3-2-5-15-7-9/h2-3,5,7-8,12H,4,6H2,1H3,(H,14,19)(H,16,17). The molecule has 0 amide bonds. The van der Waals surface area contributed by atoms with E-state index in [0.717, 1.165) is 29.3 Å². The molecule has 0 aromatic carbocycles. The molecular weight excluding hydrogens is 258 g/mol. The lowest BCUT2D eigenvalue weighted by atomic mass is 9.97. The molecule has 3 rings (SSSR count). The number of fused-ring (bicyclic) bond motifs is 1. The number of imidazole rings is 1. The summed E-state index contributed by atoms with van der Waals surface area (Å²) in [5, 5.41) is 3.79. The average molecular weight is 273 g/mol. The zero-order chi connectivity index (χ0) is 13.2. The molecule has 2 aromatic heterocycles. The molecule has 2 aromatic rings. The highest BCUT2D eigenvalue weighted by molar-refractivity contribution is 7.80. The van der Waals surface area contributed by atoms with Gasteiger partial charge < -0.3 is 15.2 Å². The molecule has 1 atom stereocenters. The summed E-state index contributed by atoms with van der Waals surface area (Å²) in [5.74, 6) is 0. The van der Waals surface area contributed by atoms with Gasteiger partial charge in [-0.1, -0.05) is 6.07 Å². The summed E-state index contributed by atoms with van der Waals surface area (Å²) >= 11 is 5.41. The van der Waals surface area contributed by atoms with Crippen LogP contribution in [0.25, 0.3) is 0 Å². The number of aromatic nitrogens is 3. The second-order valence-electron chi connectivity index (χ2n) is 4.45. The van der Waals surface area contributed by atoms with Crippen molar-refractivity contribution in [2.75, 3.05) is 13.6 Å². The van der Waals surface area contributed by atoms with Gasteiger partial charge in [0.15, 0.2) is 5.11 Å². The second-order valence-corrected chi connectivity index (χ2v) is 4.84. The van der Waals surface area contributed by atoms with Gasteiger partial charge >= 0.3 is 0 Å². The third-order valence-electron chi connectivity index (χ3n) is 3.40. The van der Waals surface area contributed by atoms with E-state index in [0.29, 0.717) is 0 Å². The first kappa shape index (κ1) is 12.1. The van der Waals surface area contributed by atoms with E-state index < -0.39 is 0 Å². The van der Waals surface area contributed by atoms with Crippen molar-refractivity contribution in [2.24, 2.45) is 0 Å². The summed E-state index contributed by atoms with van der Waals surface area (Å²) in [6.07, 6.45) is 6.33. The Morgan fingerprint density at radius 1 is 1.58 bits per heavy atom. The van der Waals surface area contributed by atoms with E-state index in [4.69, 9.17) is 12.2 Å². The van der Waals surface area contributed by atoms with E-state index in [9.17, 15) is 0 Å². The molecule has 98 valence electrons. The van der Waals surface area contributed by atoms with Crippen LogP contribution >= 0.6 is 12.2 Å². The SMILES string of the molecule is CNC(=S)N1CCc2[nH]cnc2C1c1cccnc1. The number of aromatic amines is 1. The summed E-state index contributed by atoms with van der Waals surface area (Å²) in [7, 11) is 1.85. The van der Waals surface area contributed by atoms with Gasteiger partial charge in [0.25, 0.3) is 0 Å². The molecule has 0 spiro atoms. The lowest BCUT2D eigenvalue weighted by Crippen LogP contribution is -2.44. The van der Waals surface area contributed by atoms with Gasteiger partial charge in [-0.2, -0.15) is 0 Å². The quantitative estimate of drug-likeness (QED) is 0.766. The van der Waals surface area contributed by atoms with Crippen LogP contribution in [0.1, 0.15) is 23.0 Å². The van der Waals surface area contributed by atoms with Crippen molar-refractivity contribution in [2.45, 2.75) is 12.5 Å². The molecule has 1 aliphatic heterocycles. The van der Waals surface area contributed by atoms with Gasteiger partial charge in [0.05, 0.1) is 12.0 Å². The lowest BCUT2D eigenvalue weighted by Gasteiger charge is -2.36. The first-order chi connectivity index (χ1) is 9.31. The molecule has 6 heteroatoms. The normalized spacial score (nSPS) is 17.9. The third kappa shape index (κ3) is 2.08. The van der Waals surface area contributed by atoms with Gasteiger partial charge in [-0.3, -0.25) is 4.98 Å². The molecule has 3 heterocycles. The summed E-state index contributed by atoms with van der Waals surface area (Å²) < 4.78 is 0. The van der Waals surface area contributed by atoms with Crippen LogP contribution in [0.5, 0.6) is 0 Å². The largest absolute Gasteiger partial charge is 0.366 e. The number of thiocarbonyl (C=S) groups is 1. The fourth-order valence-electron chi connectivity index (χ4n) is 2.51. The Labute approximate surface area is 117 Å². The van der Waals surface area contributed by atoms with Gasteiger partial charge in [-0.25, -0.2) is 4.98 Å². The Hall–Kier alpha value is -1.95. The minimum atomic E-state index is 0.0312. The molecule has 1 aliphatic rings. The van der Waals surface area contributed by atoms with Gasteiger partial charge in [-0.05, 0) is 23.8 Å². The first-order valence-corrected chi connectivity index (χ1v) is 6.62. The predicted octanol–water partition coefficient (Wildman–Crippen LogP) is 1.26. The van der Waals surface area contributed by atoms with Crippen molar-refractivity contribution in [1.82, 2.24) is 25.2 Å². The minimum Gasteiger partial charge on any atom is -0.366 e. The van der Waals surface area contributed by atoms with Crippen LogP contribution in [0.2, 0.25) is 0 Å². The Kier molecular flexibility index (Phi) is 3.16. The zero-order valence-electron chi connectivity index (χ0n) is 10.6. The van der Waals surface area contributed by atoms with E-state index in [1.165, 1.54) is 5.69 Å². The fraction of sp³-hybridized carbons (Fsp3) is 0.308. The van der Waals surface area contributed by atoms with Crippen LogP contribution in [0.3, 0.4) is 0 Å². The third-order valence-corrected chi connectivity index (χ3v) is 3.84. The monoisotopic (exact) mass is 273 g/mol. The molecule has 1 unspecified atom stereocenters. The lowest BCUT2D eigenvalue weighted by molar-refractivity contribution is 0.328. The number of hydrogen-bond acceptors (Lipinski definition) is 3. The second kappa shape index (κ2) is 4.97. The van der Waals surface area contributed by atoms with Gasteiger partial charge in [0, 0.05) is 38.1 Å². The number of hydrogen-bond donors (Lipinski definition) is 2. The van der Waals surface area contributed by atoms with E-state index >= 15 is 0 Å². The smallest absolute Gasteiger partial charge is 0.169 e. The summed E-state index contributed by atoms with van der Waals surface area (Å²) in [6, 6.07) is 4.03. The number of pyridine rings is 1. The highest BCUT2D eigenvalue weighted by atomic mass is 32.1. The average Bonchev–Trinajstić information content (AvgIpc) is 2.94. The topological polar surface area (TPSA) is 56.8 Å². The number of nitrogens with zero attached hydrogens (tertiary/aromatic N) is 3. The Morgan fingerprint density at radius 3 is 3.21 bits per heavy atom. The molecule has 0 fully saturated rings. The fourth-order valence-corrected chi connectivity index (χ4v) is 2.71. The van der Waals surface area contributed by atoms with Crippen molar-refractivity contribution in [3.8, 4) is 0 Å². The van der Waals surface area contributed by atoms with E-state index in [1.54, 1.807) is 12.5 Å². The minimum absolute atomic E-state index is 0.0312. The molecule has 0 saturated heterocycles. The highest BCUT2D eigenvalue weighted by Gasteiger charge is 2.32. The Morgan fingerprint density at radius 2 is 2.47 bits per heavy atom. The highest BCUT2D eigenvalue weighted by Crippen LogP contribution is 2.32. The Balaban J connectivity index is 2.07. The van der Waals surface area contributed by atoms with Gasteiger partial charge in [-0.15, -0.1) is 0 Å². The maximum Gasteiger partial charge on any atom is 0.169 e. The number of nitrogens with one attached hydrogen (secondary N) is 2. The van der Waals surface area contributed by atoms with Gasteiger partial charge in [0.1, 0.15) is 6.04 Å². The van der Waals surface area contributed by atoms with Crippen LogP contribution < -0.4 is 5.32 Å². The zero-order valence-corrected chi connectivity index (χ0v) is 11.4. The van der Waals surface area contributed by atoms with Crippen LogP contribution in [-0.4, -0.2) is 38.6 Å². The maximum atomic E-state index is 5.41. The van der Waals surface area contributed by atoms with Crippen molar-refractivity contribution in [3.05, 3.63) is 47.8 Å². The van der Waals surface area contributed by atoms with E-state index in [1.807, 2.05) is 19.3 Å². The molecule has 5 nitrogen and oxygen atoms in total. The molecule has 0 saturated carbocycles. The molecular formula is C13H15N5S. The predicted molar refractivity (Wildman–Crippen MR) is 76.7 cm³/mol. The van der Waals surface area contributed by atoms with Gasteiger partial charge in [0.2, 0.25) is 0 Å². The van der Waals surface area contributed by atoms with Crippen molar-refractivity contribution in [1.29, 1.82) is 0 Å². The van der Waals surface area contributed by atoms with Crippen molar-refractivity contribution in [3.63, 3.8) is 0 Å². The maximum absolute atomic E-state index is 5.41. The van der Waals surface area contributed by atoms with Crippen LogP contribution in [-0.2, 0) is 6.42 Å². The van der Waals surface area contributed by atoms with E-state index in [-0.39, 0.29) is 6.04 Å². The summed E-state index contributed by atoms with van der Waals surface area (Å²) in [6.45, 7) is 0.869. The van der Waals surface area contributed by atoms with E-state index in [2.05, 4.69) is 31.2 Å². The van der Waals surface area contributed by atoms with Crippen molar-refractivity contribution >= 4 is 17.3 Å². The van der Waals surface area contributed by atoms with Crippen LogP contribution in [0.15, 0.2) is 30.9 Å².